The zero-order chi connectivity index (χ0) is 24.6. The van der Waals surface area contributed by atoms with Gasteiger partial charge in [0.25, 0.3) is 0 Å². The molecule has 2 aromatic rings. The van der Waals surface area contributed by atoms with Crippen molar-refractivity contribution in [3.8, 4) is 0 Å². The van der Waals surface area contributed by atoms with Gasteiger partial charge in [-0.2, -0.15) is 0 Å². The molecule has 2 atom stereocenters. The number of hydrogen-bond acceptors (Lipinski definition) is 4. The van der Waals surface area contributed by atoms with E-state index >= 15 is 0 Å². The van der Waals surface area contributed by atoms with E-state index in [1.54, 1.807) is 31.2 Å². The lowest BCUT2D eigenvalue weighted by Crippen LogP contribution is -2.53. The van der Waals surface area contributed by atoms with Gasteiger partial charge < -0.3 is 10.2 Å². The Morgan fingerprint density at radius 3 is 2.15 bits per heavy atom. The van der Waals surface area contributed by atoms with Crippen LogP contribution in [0.1, 0.15) is 38.3 Å². The second-order valence-electron chi connectivity index (χ2n) is 8.42. The van der Waals surface area contributed by atoms with Crippen molar-refractivity contribution >= 4 is 27.5 Å². The minimum absolute atomic E-state index is 0.0221. The maximum absolute atomic E-state index is 13.4. The Labute approximate surface area is 197 Å². The Bertz CT molecular complexity index is 1020. The van der Waals surface area contributed by atoms with E-state index in [9.17, 15) is 18.0 Å². The predicted molar refractivity (Wildman–Crippen MR) is 133 cm³/mol. The number of nitrogens with zero attached hydrogens (tertiary/aromatic N) is 2. The molecule has 33 heavy (non-hydrogen) atoms. The van der Waals surface area contributed by atoms with Crippen molar-refractivity contribution in [2.45, 2.75) is 52.6 Å². The van der Waals surface area contributed by atoms with E-state index in [0.29, 0.717) is 18.7 Å². The van der Waals surface area contributed by atoms with E-state index in [-0.39, 0.29) is 18.5 Å². The first-order valence-electron chi connectivity index (χ1n) is 11.2. The van der Waals surface area contributed by atoms with Crippen LogP contribution in [0.15, 0.2) is 54.6 Å². The summed E-state index contributed by atoms with van der Waals surface area (Å²) in [6.45, 7) is 7.38. The largest absolute Gasteiger partial charge is 0.352 e. The first-order valence-corrected chi connectivity index (χ1v) is 13.1. The van der Waals surface area contributed by atoms with Gasteiger partial charge in [0.15, 0.2) is 0 Å². The van der Waals surface area contributed by atoms with Crippen LogP contribution in [0, 0.1) is 6.92 Å². The van der Waals surface area contributed by atoms with Gasteiger partial charge in [-0.15, -0.1) is 0 Å². The molecule has 0 aliphatic rings. The number of amides is 2. The second-order valence-corrected chi connectivity index (χ2v) is 10.3. The molecule has 180 valence electrons. The third kappa shape index (κ3) is 7.89. The molecular formula is C25H35N3O4S. The third-order valence-electron chi connectivity index (χ3n) is 5.65. The van der Waals surface area contributed by atoms with Crippen molar-refractivity contribution in [1.29, 1.82) is 0 Å². The van der Waals surface area contributed by atoms with Gasteiger partial charge in [0.05, 0.1) is 11.9 Å². The summed E-state index contributed by atoms with van der Waals surface area (Å²) in [6.07, 6.45) is 2.40. The van der Waals surface area contributed by atoms with Crippen LogP contribution in [0.3, 0.4) is 0 Å². The Hall–Kier alpha value is -2.87. The van der Waals surface area contributed by atoms with Crippen molar-refractivity contribution in [3.05, 3.63) is 65.7 Å². The zero-order valence-corrected chi connectivity index (χ0v) is 20.9. The normalized spacial score (nSPS) is 13.1. The molecule has 0 heterocycles. The molecule has 0 aliphatic heterocycles. The van der Waals surface area contributed by atoms with Gasteiger partial charge in [0, 0.05) is 12.6 Å². The maximum Gasteiger partial charge on any atom is 0.244 e. The van der Waals surface area contributed by atoms with Gasteiger partial charge in [0.2, 0.25) is 21.8 Å². The molecule has 2 rings (SSSR count). The number of hydrogen-bond donors (Lipinski definition) is 1. The van der Waals surface area contributed by atoms with E-state index < -0.39 is 22.0 Å². The fourth-order valence-electron chi connectivity index (χ4n) is 3.36. The lowest BCUT2D eigenvalue weighted by molar-refractivity contribution is -0.139. The summed E-state index contributed by atoms with van der Waals surface area (Å²) in [5.41, 5.74) is 2.43. The highest BCUT2D eigenvalue weighted by molar-refractivity contribution is 7.92. The summed E-state index contributed by atoms with van der Waals surface area (Å²) in [6, 6.07) is 15.9. The van der Waals surface area contributed by atoms with E-state index in [0.717, 1.165) is 28.1 Å². The van der Waals surface area contributed by atoms with Crippen LogP contribution in [0.4, 0.5) is 5.69 Å². The molecule has 0 saturated heterocycles. The van der Waals surface area contributed by atoms with Crippen LogP contribution in [0.5, 0.6) is 0 Å². The molecule has 0 saturated carbocycles. The average molecular weight is 474 g/mol. The maximum atomic E-state index is 13.4. The molecule has 0 aromatic heterocycles. The SMILES string of the molecule is CC[C@H](C)NC(=O)[C@H](C)N(CCc1ccccc1)C(=O)CN(c1ccc(C)cc1)S(C)(=O)=O. The molecule has 0 fully saturated rings. The lowest BCUT2D eigenvalue weighted by Gasteiger charge is -2.32. The van der Waals surface area contributed by atoms with Gasteiger partial charge in [-0.05, 0) is 51.3 Å². The topological polar surface area (TPSA) is 86.8 Å². The Kier molecular flexibility index (Phi) is 9.46. The van der Waals surface area contributed by atoms with Crippen molar-refractivity contribution in [2.75, 3.05) is 23.7 Å². The number of benzene rings is 2. The highest BCUT2D eigenvalue weighted by atomic mass is 32.2. The van der Waals surface area contributed by atoms with Crippen molar-refractivity contribution in [3.63, 3.8) is 0 Å². The minimum atomic E-state index is -3.71. The molecular weight excluding hydrogens is 438 g/mol. The highest BCUT2D eigenvalue weighted by Gasteiger charge is 2.30. The quantitative estimate of drug-likeness (QED) is 0.543. The summed E-state index contributed by atoms with van der Waals surface area (Å²) in [5.74, 6) is -0.685. The number of carbonyl (C=O) groups excluding carboxylic acids is 2. The molecule has 1 N–H and O–H groups in total. The van der Waals surface area contributed by atoms with Crippen molar-refractivity contribution < 1.29 is 18.0 Å². The molecule has 0 unspecified atom stereocenters. The molecule has 7 nitrogen and oxygen atoms in total. The van der Waals surface area contributed by atoms with Crippen molar-refractivity contribution in [1.82, 2.24) is 10.2 Å². The number of rotatable bonds is 11. The van der Waals surface area contributed by atoms with Gasteiger partial charge in [-0.1, -0.05) is 55.0 Å². The third-order valence-corrected chi connectivity index (χ3v) is 6.79. The Morgan fingerprint density at radius 2 is 1.61 bits per heavy atom. The van der Waals surface area contributed by atoms with E-state index in [4.69, 9.17) is 0 Å². The molecule has 8 heteroatoms. The van der Waals surface area contributed by atoms with Crippen LogP contribution in [0.2, 0.25) is 0 Å². The van der Waals surface area contributed by atoms with Gasteiger partial charge in [0.1, 0.15) is 12.6 Å². The number of nitrogens with one attached hydrogen (secondary N) is 1. The fourth-order valence-corrected chi connectivity index (χ4v) is 4.21. The predicted octanol–water partition coefficient (Wildman–Crippen LogP) is 3.14. The second kappa shape index (κ2) is 11.8. The number of carbonyl (C=O) groups is 2. The monoisotopic (exact) mass is 473 g/mol. The van der Waals surface area contributed by atoms with Crippen LogP contribution in [-0.4, -0.2) is 56.6 Å². The molecule has 2 aromatic carbocycles. The molecule has 0 aliphatic carbocycles. The summed E-state index contributed by atoms with van der Waals surface area (Å²) in [4.78, 5) is 27.7. The molecule has 0 spiro atoms. The van der Waals surface area contributed by atoms with Crippen molar-refractivity contribution in [2.24, 2.45) is 0 Å². The molecule has 0 bridgehead atoms. The van der Waals surface area contributed by atoms with E-state index in [1.807, 2.05) is 51.1 Å². The Morgan fingerprint density at radius 1 is 1.00 bits per heavy atom. The Balaban J connectivity index is 2.29. The number of anilines is 1. The molecule has 2 amide bonds. The van der Waals surface area contributed by atoms with Crippen LogP contribution in [-0.2, 0) is 26.0 Å². The highest BCUT2D eigenvalue weighted by Crippen LogP contribution is 2.19. The number of sulfonamides is 1. The summed E-state index contributed by atoms with van der Waals surface area (Å²) < 4.78 is 26.1. The summed E-state index contributed by atoms with van der Waals surface area (Å²) in [5, 5.41) is 2.92. The van der Waals surface area contributed by atoms with Gasteiger partial charge in [-0.25, -0.2) is 8.42 Å². The van der Waals surface area contributed by atoms with Gasteiger partial charge in [-0.3, -0.25) is 13.9 Å². The van der Waals surface area contributed by atoms with Crippen LogP contribution >= 0.6 is 0 Å². The number of aryl methyl sites for hydroxylation is 1. The first-order chi connectivity index (χ1) is 15.5. The lowest BCUT2D eigenvalue weighted by atomic mass is 10.1. The van der Waals surface area contributed by atoms with Gasteiger partial charge >= 0.3 is 0 Å². The zero-order valence-electron chi connectivity index (χ0n) is 20.1. The fraction of sp³-hybridized carbons (Fsp3) is 0.440. The standard InChI is InChI=1S/C25H35N3O4S/c1-6-20(3)26-25(30)21(4)27(17-16-22-10-8-7-9-11-22)24(29)18-28(33(5,31)32)23-14-12-19(2)13-15-23/h7-15,20-21H,6,16-18H2,1-5H3,(H,26,30)/t20-,21-/m0/s1. The first kappa shape index (κ1) is 26.4. The van der Waals surface area contributed by atoms with E-state index in [1.165, 1.54) is 4.90 Å². The minimum Gasteiger partial charge on any atom is -0.352 e. The summed E-state index contributed by atoms with van der Waals surface area (Å²) in [7, 11) is -3.71. The van der Waals surface area contributed by atoms with Crippen LogP contribution in [0.25, 0.3) is 0 Å². The summed E-state index contributed by atoms with van der Waals surface area (Å²) >= 11 is 0. The molecule has 0 radical (unpaired) electrons. The average Bonchev–Trinajstić information content (AvgIpc) is 2.78. The smallest absolute Gasteiger partial charge is 0.244 e. The van der Waals surface area contributed by atoms with Crippen LogP contribution < -0.4 is 9.62 Å². The van der Waals surface area contributed by atoms with E-state index in [2.05, 4.69) is 5.32 Å².